The van der Waals surface area contributed by atoms with Gasteiger partial charge in [0.25, 0.3) is 5.56 Å². The van der Waals surface area contributed by atoms with E-state index in [9.17, 15) is 23.2 Å². The first-order chi connectivity index (χ1) is 11.7. The van der Waals surface area contributed by atoms with Gasteiger partial charge in [0.15, 0.2) is 22.8 Å². The van der Waals surface area contributed by atoms with Gasteiger partial charge < -0.3 is 9.67 Å². The Balaban J connectivity index is 0.000000186. The second-order valence-electron chi connectivity index (χ2n) is 5.14. The van der Waals surface area contributed by atoms with Gasteiger partial charge in [-0.3, -0.25) is 13.9 Å². The van der Waals surface area contributed by atoms with E-state index in [-0.39, 0.29) is 11.2 Å². The number of aryl methyl sites for hydroxylation is 2. The van der Waals surface area contributed by atoms with Crippen molar-refractivity contribution in [1.29, 1.82) is 0 Å². The highest BCUT2D eigenvalue weighted by Gasteiger charge is 2.13. The summed E-state index contributed by atoms with van der Waals surface area (Å²) in [6.07, 6.45) is 1.52. The number of aromatic nitrogens is 4. The molecule has 0 saturated carbocycles. The van der Waals surface area contributed by atoms with Crippen molar-refractivity contribution in [3.05, 3.63) is 62.6 Å². The van der Waals surface area contributed by atoms with Crippen LogP contribution in [0.2, 0.25) is 0 Å². The molecule has 0 atom stereocenters. The summed E-state index contributed by atoms with van der Waals surface area (Å²) >= 11 is 0. The lowest BCUT2D eigenvalue weighted by atomic mass is 10.2. The zero-order valence-electron chi connectivity index (χ0n) is 13.5. The highest BCUT2D eigenvalue weighted by molar-refractivity contribution is 5.87. The molecule has 0 aliphatic rings. The fourth-order valence-electron chi connectivity index (χ4n) is 2.14. The molecule has 0 radical (unpaired) electrons. The van der Waals surface area contributed by atoms with Gasteiger partial charge >= 0.3 is 11.7 Å². The summed E-state index contributed by atoms with van der Waals surface area (Å²) in [5.74, 6) is -3.94. The Bertz CT molecular complexity index is 1080. The van der Waals surface area contributed by atoms with Gasteiger partial charge in [0.1, 0.15) is 0 Å². The summed E-state index contributed by atoms with van der Waals surface area (Å²) in [6, 6.07) is 3.00. The third-order valence-corrected chi connectivity index (χ3v) is 3.50. The first-order valence-electron chi connectivity index (χ1n) is 6.91. The Morgan fingerprint density at radius 3 is 2.32 bits per heavy atom. The van der Waals surface area contributed by atoms with E-state index in [1.807, 2.05) is 0 Å². The average Bonchev–Trinajstić information content (AvgIpc) is 2.95. The number of imidazole rings is 1. The molecule has 0 fully saturated rings. The number of hydrogen-bond acceptors (Lipinski definition) is 4. The SMILES string of the molecule is Cn1c(=O)c2c(ncn2C)n(C)c1=O.O=C(O)c1cccc(F)c1F. The van der Waals surface area contributed by atoms with E-state index in [1.54, 1.807) is 18.7 Å². The van der Waals surface area contributed by atoms with Crippen LogP contribution in [0.15, 0.2) is 34.1 Å². The van der Waals surface area contributed by atoms with E-state index in [4.69, 9.17) is 5.11 Å². The number of carbonyl (C=O) groups is 1. The molecule has 3 aromatic rings. The maximum Gasteiger partial charge on any atom is 0.338 e. The molecule has 25 heavy (non-hydrogen) atoms. The van der Waals surface area contributed by atoms with Crippen molar-refractivity contribution in [3.8, 4) is 0 Å². The van der Waals surface area contributed by atoms with Gasteiger partial charge in [0.2, 0.25) is 0 Å². The van der Waals surface area contributed by atoms with Gasteiger partial charge in [0.05, 0.1) is 11.9 Å². The Hall–Kier alpha value is -3.30. The van der Waals surface area contributed by atoms with Crippen LogP contribution in [0, 0.1) is 11.6 Å². The first kappa shape index (κ1) is 18.0. The lowest BCUT2D eigenvalue weighted by Crippen LogP contribution is -2.37. The summed E-state index contributed by atoms with van der Waals surface area (Å²) < 4.78 is 28.8. The number of carboxylic acid groups (broad SMARTS) is 1. The molecule has 0 aliphatic heterocycles. The van der Waals surface area contributed by atoms with Gasteiger partial charge in [-0.1, -0.05) is 6.07 Å². The van der Waals surface area contributed by atoms with E-state index < -0.39 is 23.2 Å². The van der Waals surface area contributed by atoms with E-state index in [0.29, 0.717) is 11.2 Å². The standard InChI is InChI=1S/C8H10N4O2.C7H4F2O2/c1-10-4-9-6-5(10)7(13)12(3)8(14)11(6)2;8-5-3-1-2-4(6(5)9)7(10)11/h4H,1-3H3;1-3H,(H,10,11). The molecule has 0 amide bonds. The predicted molar refractivity (Wildman–Crippen MR) is 84.5 cm³/mol. The van der Waals surface area contributed by atoms with Gasteiger partial charge in [-0.2, -0.15) is 0 Å². The molecule has 0 spiro atoms. The van der Waals surface area contributed by atoms with Gasteiger partial charge in [-0.05, 0) is 12.1 Å². The van der Waals surface area contributed by atoms with Crippen LogP contribution < -0.4 is 11.2 Å². The van der Waals surface area contributed by atoms with Crippen LogP contribution in [0.3, 0.4) is 0 Å². The van der Waals surface area contributed by atoms with Crippen LogP contribution in [-0.2, 0) is 21.1 Å². The fraction of sp³-hybridized carbons (Fsp3) is 0.200. The van der Waals surface area contributed by atoms with Crippen LogP contribution in [0.4, 0.5) is 8.78 Å². The molecule has 0 bridgehead atoms. The molecule has 132 valence electrons. The summed E-state index contributed by atoms with van der Waals surface area (Å²) in [7, 11) is 4.77. The summed E-state index contributed by atoms with van der Waals surface area (Å²) in [6.45, 7) is 0. The van der Waals surface area contributed by atoms with Crippen LogP contribution >= 0.6 is 0 Å². The highest BCUT2D eigenvalue weighted by Crippen LogP contribution is 2.10. The van der Waals surface area contributed by atoms with E-state index in [0.717, 1.165) is 22.8 Å². The van der Waals surface area contributed by atoms with Crippen molar-refractivity contribution in [2.75, 3.05) is 0 Å². The molecular formula is C15H14F2N4O4. The van der Waals surface area contributed by atoms with Crippen molar-refractivity contribution in [2.45, 2.75) is 0 Å². The minimum Gasteiger partial charge on any atom is -0.478 e. The Kier molecular flexibility index (Phi) is 4.82. The molecule has 8 nitrogen and oxygen atoms in total. The van der Waals surface area contributed by atoms with Crippen molar-refractivity contribution < 1.29 is 18.7 Å². The van der Waals surface area contributed by atoms with Crippen LogP contribution in [-0.4, -0.2) is 29.8 Å². The van der Waals surface area contributed by atoms with E-state index >= 15 is 0 Å². The summed E-state index contributed by atoms with van der Waals surface area (Å²) in [4.78, 5) is 37.3. The molecule has 3 rings (SSSR count). The number of benzene rings is 1. The molecule has 2 aromatic heterocycles. The van der Waals surface area contributed by atoms with E-state index in [1.165, 1.54) is 17.9 Å². The second kappa shape index (κ2) is 6.67. The topological polar surface area (TPSA) is 99.1 Å². The third-order valence-electron chi connectivity index (χ3n) is 3.50. The smallest absolute Gasteiger partial charge is 0.338 e. The third kappa shape index (κ3) is 3.18. The maximum absolute atomic E-state index is 12.5. The molecule has 2 heterocycles. The van der Waals surface area contributed by atoms with Gasteiger partial charge in [0, 0.05) is 21.1 Å². The van der Waals surface area contributed by atoms with Crippen LogP contribution in [0.1, 0.15) is 10.4 Å². The predicted octanol–water partition coefficient (Wildman–Crippen LogP) is 0.634. The van der Waals surface area contributed by atoms with Crippen LogP contribution in [0.5, 0.6) is 0 Å². The quantitative estimate of drug-likeness (QED) is 0.693. The second-order valence-corrected chi connectivity index (χ2v) is 5.14. The number of fused-ring (bicyclic) bond motifs is 1. The lowest BCUT2D eigenvalue weighted by Gasteiger charge is -2.02. The van der Waals surface area contributed by atoms with Crippen molar-refractivity contribution in [1.82, 2.24) is 18.7 Å². The molecule has 1 aromatic carbocycles. The molecule has 0 aliphatic carbocycles. The average molecular weight is 352 g/mol. The zero-order chi connectivity index (χ0) is 18.9. The minimum absolute atomic E-state index is 0.317. The fourth-order valence-corrected chi connectivity index (χ4v) is 2.14. The first-order valence-corrected chi connectivity index (χ1v) is 6.91. The van der Waals surface area contributed by atoms with Gasteiger partial charge in [-0.15, -0.1) is 0 Å². The normalized spacial score (nSPS) is 10.4. The molecule has 0 unspecified atom stereocenters. The summed E-state index contributed by atoms with van der Waals surface area (Å²) in [5, 5.41) is 8.28. The van der Waals surface area contributed by atoms with Crippen molar-refractivity contribution in [3.63, 3.8) is 0 Å². The minimum atomic E-state index is -1.47. The molecular weight excluding hydrogens is 338 g/mol. The number of halogens is 2. The number of carboxylic acids is 1. The Labute approximate surface area is 139 Å². The lowest BCUT2D eigenvalue weighted by molar-refractivity contribution is 0.0690. The number of rotatable bonds is 1. The van der Waals surface area contributed by atoms with E-state index in [2.05, 4.69) is 4.98 Å². The molecule has 1 N–H and O–H groups in total. The Morgan fingerprint density at radius 2 is 1.76 bits per heavy atom. The number of nitrogens with zero attached hydrogens (tertiary/aromatic N) is 4. The Morgan fingerprint density at radius 1 is 1.12 bits per heavy atom. The highest BCUT2D eigenvalue weighted by atomic mass is 19.2. The maximum atomic E-state index is 12.5. The molecule has 0 saturated heterocycles. The number of aromatic carboxylic acids is 1. The largest absolute Gasteiger partial charge is 0.478 e. The molecule has 10 heteroatoms. The zero-order valence-corrected chi connectivity index (χ0v) is 13.5. The number of hydrogen-bond donors (Lipinski definition) is 1. The van der Waals surface area contributed by atoms with Gasteiger partial charge in [-0.25, -0.2) is 23.4 Å². The van der Waals surface area contributed by atoms with Crippen LogP contribution in [0.25, 0.3) is 11.2 Å². The summed E-state index contributed by atoms with van der Waals surface area (Å²) in [5.41, 5.74) is -0.468. The van der Waals surface area contributed by atoms with Crippen molar-refractivity contribution >= 4 is 17.1 Å². The monoisotopic (exact) mass is 352 g/mol. The van der Waals surface area contributed by atoms with Crippen molar-refractivity contribution in [2.24, 2.45) is 21.1 Å².